The van der Waals surface area contributed by atoms with Gasteiger partial charge in [-0.05, 0) is 42.9 Å². The van der Waals surface area contributed by atoms with Gasteiger partial charge in [0.25, 0.3) is 0 Å². The highest BCUT2D eigenvalue weighted by atomic mass is 19.1. The molecule has 1 saturated carbocycles. The fourth-order valence-electron chi connectivity index (χ4n) is 3.08. The third kappa shape index (κ3) is 3.06. The van der Waals surface area contributed by atoms with Crippen molar-refractivity contribution in [2.45, 2.75) is 45.1 Å². The maximum absolute atomic E-state index is 13.2. The quantitative estimate of drug-likeness (QED) is 0.881. The van der Waals surface area contributed by atoms with Crippen LogP contribution in [0.1, 0.15) is 39.5 Å². The normalized spacial score (nSPS) is 25.8. The summed E-state index contributed by atoms with van der Waals surface area (Å²) in [4.78, 5) is 11.9. The number of carbonyl (C=O) groups excluding carboxylic acids is 1. The second-order valence-electron chi connectivity index (χ2n) is 6.28. The standard InChI is InChI=1S/C15H21FN2O/c1-14(2)7-4-8-15(10-14,13(17)19)18-12-6-3-5-11(16)9-12/h3,5-6,9,18H,4,7-8,10H2,1-2H3,(H2,17,19). The van der Waals surface area contributed by atoms with Crippen LogP contribution in [0.3, 0.4) is 0 Å². The fourth-order valence-corrected chi connectivity index (χ4v) is 3.08. The Bertz CT molecular complexity index is 487. The Balaban J connectivity index is 2.28. The van der Waals surface area contributed by atoms with E-state index in [1.807, 2.05) is 0 Å². The van der Waals surface area contributed by atoms with Crippen LogP contribution in [0.15, 0.2) is 24.3 Å². The van der Waals surface area contributed by atoms with Gasteiger partial charge < -0.3 is 11.1 Å². The molecule has 1 aromatic rings. The second kappa shape index (κ2) is 4.83. The Morgan fingerprint density at radius 1 is 1.37 bits per heavy atom. The van der Waals surface area contributed by atoms with Crippen LogP contribution in [0.25, 0.3) is 0 Å². The molecule has 104 valence electrons. The van der Waals surface area contributed by atoms with Crippen LogP contribution in [0.4, 0.5) is 10.1 Å². The molecule has 3 nitrogen and oxygen atoms in total. The maximum Gasteiger partial charge on any atom is 0.243 e. The molecule has 0 aliphatic heterocycles. The highest BCUT2D eigenvalue weighted by molar-refractivity contribution is 5.88. The van der Waals surface area contributed by atoms with Crippen molar-refractivity contribution in [2.75, 3.05) is 5.32 Å². The smallest absolute Gasteiger partial charge is 0.243 e. The van der Waals surface area contributed by atoms with Crippen molar-refractivity contribution in [3.05, 3.63) is 30.1 Å². The molecular formula is C15H21FN2O. The van der Waals surface area contributed by atoms with Gasteiger partial charge >= 0.3 is 0 Å². The number of hydrogen-bond acceptors (Lipinski definition) is 2. The van der Waals surface area contributed by atoms with Crippen LogP contribution in [-0.2, 0) is 4.79 Å². The molecule has 0 spiro atoms. The van der Waals surface area contributed by atoms with E-state index in [1.165, 1.54) is 12.1 Å². The molecule has 2 rings (SSSR count). The molecule has 1 aliphatic carbocycles. The first kappa shape index (κ1) is 13.8. The van der Waals surface area contributed by atoms with E-state index in [0.717, 1.165) is 12.8 Å². The van der Waals surface area contributed by atoms with E-state index in [-0.39, 0.29) is 17.1 Å². The number of rotatable bonds is 3. The molecule has 0 radical (unpaired) electrons. The third-order valence-corrected chi connectivity index (χ3v) is 3.92. The SMILES string of the molecule is CC1(C)CCCC(Nc2cccc(F)c2)(C(N)=O)C1. The number of anilines is 1. The van der Waals surface area contributed by atoms with Gasteiger partial charge in [-0.15, -0.1) is 0 Å². The van der Waals surface area contributed by atoms with Gasteiger partial charge in [-0.3, -0.25) is 4.79 Å². The largest absolute Gasteiger partial charge is 0.371 e. The first-order valence-corrected chi connectivity index (χ1v) is 6.67. The molecule has 3 N–H and O–H groups in total. The summed E-state index contributed by atoms with van der Waals surface area (Å²) in [7, 11) is 0. The van der Waals surface area contributed by atoms with Crippen molar-refractivity contribution in [1.82, 2.24) is 0 Å². The summed E-state index contributed by atoms with van der Waals surface area (Å²) in [5.74, 6) is -0.677. The van der Waals surface area contributed by atoms with Crippen LogP contribution in [0, 0.1) is 11.2 Å². The third-order valence-electron chi connectivity index (χ3n) is 3.92. The molecule has 1 amide bonds. The Morgan fingerprint density at radius 3 is 2.68 bits per heavy atom. The van der Waals surface area contributed by atoms with E-state index in [9.17, 15) is 9.18 Å². The molecule has 4 heteroatoms. The summed E-state index contributed by atoms with van der Waals surface area (Å²) < 4.78 is 13.2. The molecular weight excluding hydrogens is 243 g/mol. The summed E-state index contributed by atoms with van der Waals surface area (Å²) >= 11 is 0. The van der Waals surface area contributed by atoms with Crippen LogP contribution in [0.5, 0.6) is 0 Å². The van der Waals surface area contributed by atoms with E-state index >= 15 is 0 Å². The van der Waals surface area contributed by atoms with Crippen LogP contribution in [-0.4, -0.2) is 11.4 Å². The zero-order valence-electron chi connectivity index (χ0n) is 11.5. The molecule has 1 atom stereocenters. The van der Waals surface area contributed by atoms with Crippen molar-refractivity contribution in [2.24, 2.45) is 11.1 Å². The monoisotopic (exact) mass is 264 g/mol. The number of halogens is 1. The molecule has 0 heterocycles. The Hall–Kier alpha value is -1.58. The minimum Gasteiger partial charge on any atom is -0.371 e. The highest BCUT2D eigenvalue weighted by Crippen LogP contribution is 2.42. The van der Waals surface area contributed by atoms with E-state index < -0.39 is 5.54 Å². The Kier molecular flexibility index (Phi) is 3.52. The first-order chi connectivity index (χ1) is 8.83. The summed E-state index contributed by atoms with van der Waals surface area (Å²) in [5.41, 5.74) is 5.52. The maximum atomic E-state index is 13.2. The highest BCUT2D eigenvalue weighted by Gasteiger charge is 2.44. The summed E-state index contributed by atoms with van der Waals surface area (Å²) in [5, 5.41) is 3.18. The molecule has 1 fully saturated rings. The van der Waals surface area contributed by atoms with E-state index in [1.54, 1.807) is 12.1 Å². The van der Waals surface area contributed by atoms with E-state index in [4.69, 9.17) is 5.73 Å². The van der Waals surface area contributed by atoms with Crippen LogP contribution >= 0.6 is 0 Å². The minimum atomic E-state index is -0.768. The lowest BCUT2D eigenvalue weighted by atomic mass is 9.67. The predicted molar refractivity (Wildman–Crippen MR) is 74.2 cm³/mol. The second-order valence-corrected chi connectivity index (χ2v) is 6.28. The number of nitrogens with one attached hydrogen (secondary N) is 1. The number of benzene rings is 1. The van der Waals surface area contributed by atoms with Gasteiger partial charge in [0.1, 0.15) is 11.4 Å². The number of primary amides is 1. The zero-order valence-corrected chi connectivity index (χ0v) is 11.5. The zero-order chi connectivity index (χ0) is 14.1. The van der Waals surface area contributed by atoms with Crippen molar-refractivity contribution >= 4 is 11.6 Å². The Morgan fingerprint density at radius 2 is 2.11 bits per heavy atom. The topological polar surface area (TPSA) is 55.1 Å². The van der Waals surface area contributed by atoms with Crippen molar-refractivity contribution < 1.29 is 9.18 Å². The molecule has 1 aromatic carbocycles. The van der Waals surface area contributed by atoms with Crippen molar-refractivity contribution in [1.29, 1.82) is 0 Å². The Labute approximate surface area is 113 Å². The van der Waals surface area contributed by atoms with Gasteiger partial charge in [-0.1, -0.05) is 26.3 Å². The summed E-state index contributed by atoms with van der Waals surface area (Å²) in [6, 6.07) is 6.16. The lowest BCUT2D eigenvalue weighted by Gasteiger charge is -2.43. The van der Waals surface area contributed by atoms with Crippen LogP contribution in [0.2, 0.25) is 0 Å². The van der Waals surface area contributed by atoms with Crippen molar-refractivity contribution in [3.63, 3.8) is 0 Å². The van der Waals surface area contributed by atoms with E-state index in [0.29, 0.717) is 18.5 Å². The molecule has 19 heavy (non-hydrogen) atoms. The molecule has 1 aliphatic rings. The predicted octanol–water partition coefficient (Wildman–Crippen LogP) is 3.06. The van der Waals surface area contributed by atoms with Gasteiger partial charge in [0.05, 0.1) is 0 Å². The number of hydrogen-bond donors (Lipinski definition) is 2. The van der Waals surface area contributed by atoms with Crippen LogP contribution < -0.4 is 11.1 Å². The molecule has 0 bridgehead atoms. The average Bonchev–Trinajstić information content (AvgIpc) is 2.27. The number of carbonyl (C=O) groups is 1. The minimum absolute atomic E-state index is 0.0631. The summed E-state index contributed by atoms with van der Waals surface area (Å²) in [6.07, 6.45) is 3.39. The van der Waals surface area contributed by atoms with Gasteiger partial charge in [-0.2, -0.15) is 0 Å². The first-order valence-electron chi connectivity index (χ1n) is 6.67. The van der Waals surface area contributed by atoms with Gasteiger partial charge in [-0.25, -0.2) is 4.39 Å². The molecule has 1 unspecified atom stereocenters. The fraction of sp³-hybridized carbons (Fsp3) is 0.533. The summed E-state index contributed by atoms with van der Waals surface area (Å²) in [6.45, 7) is 4.27. The van der Waals surface area contributed by atoms with E-state index in [2.05, 4.69) is 19.2 Å². The van der Waals surface area contributed by atoms with Gasteiger partial charge in [0.2, 0.25) is 5.91 Å². The van der Waals surface area contributed by atoms with Gasteiger partial charge in [0.15, 0.2) is 0 Å². The lowest BCUT2D eigenvalue weighted by Crippen LogP contribution is -2.55. The number of nitrogens with two attached hydrogens (primary N) is 1. The number of amides is 1. The molecule has 0 aromatic heterocycles. The van der Waals surface area contributed by atoms with Gasteiger partial charge in [0, 0.05) is 5.69 Å². The lowest BCUT2D eigenvalue weighted by molar-refractivity contribution is -0.124. The molecule has 0 saturated heterocycles. The van der Waals surface area contributed by atoms with Crippen molar-refractivity contribution in [3.8, 4) is 0 Å². The average molecular weight is 264 g/mol.